The molecule has 0 bridgehead atoms. The predicted octanol–water partition coefficient (Wildman–Crippen LogP) is 3.15. The lowest BCUT2D eigenvalue weighted by molar-refractivity contribution is -0.135. The summed E-state index contributed by atoms with van der Waals surface area (Å²) in [5, 5.41) is 8.95. The van der Waals surface area contributed by atoms with E-state index in [4.69, 9.17) is 5.26 Å². The van der Waals surface area contributed by atoms with Gasteiger partial charge in [0.2, 0.25) is 0 Å². The normalized spacial score (nSPS) is 16.0. The van der Waals surface area contributed by atoms with Crippen molar-refractivity contribution in [3.05, 3.63) is 35.4 Å². The van der Waals surface area contributed by atoms with Crippen LogP contribution in [0.5, 0.6) is 0 Å². The van der Waals surface area contributed by atoms with Gasteiger partial charge < -0.3 is 9.64 Å². The van der Waals surface area contributed by atoms with Crippen molar-refractivity contribution in [2.45, 2.75) is 25.7 Å². The summed E-state index contributed by atoms with van der Waals surface area (Å²) in [7, 11) is 1.27. The van der Waals surface area contributed by atoms with Crippen LogP contribution in [0.3, 0.4) is 0 Å². The van der Waals surface area contributed by atoms with E-state index in [1.807, 2.05) is 30.3 Å². The second-order valence-electron chi connectivity index (χ2n) is 5.15. The molecule has 0 N–H and O–H groups in total. The lowest BCUT2D eigenvalue weighted by Gasteiger charge is -2.22. The van der Waals surface area contributed by atoms with Gasteiger partial charge in [0, 0.05) is 18.8 Å². The summed E-state index contributed by atoms with van der Waals surface area (Å²) in [5.41, 5.74) is 2.04. The van der Waals surface area contributed by atoms with E-state index < -0.39 is 5.97 Å². The molecule has 1 fully saturated rings. The van der Waals surface area contributed by atoms with E-state index in [0.29, 0.717) is 0 Å². The number of rotatable bonds is 3. The van der Waals surface area contributed by atoms with E-state index in [2.05, 4.69) is 9.64 Å². The molecule has 0 atom stereocenters. The van der Waals surface area contributed by atoms with Crippen molar-refractivity contribution >= 4 is 17.7 Å². The average molecular weight is 284 g/mol. The second kappa shape index (κ2) is 7.49. The molecule has 2 rings (SSSR count). The Morgan fingerprint density at radius 1 is 1.19 bits per heavy atom. The molecule has 0 aromatic heterocycles. The molecule has 0 unspecified atom stereocenters. The first-order valence-corrected chi connectivity index (χ1v) is 7.29. The van der Waals surface area contributed by atoms with Crippen LogP contribution in [-0.4, -0.2) is 26.2 Å². The molecule has 21 heavy (non-hydrogen) atoms. The minimum absolute atomic E-state index is 0.0139. The highest BCUT2D eigenvalue weighted by atomic mass is 16.5. The van der Waals surface area contributed by atoms with E-state index in [1.54, 1.807) is 6.08 Å². The first-order valence-electron chi connectivity index (χ1n) is 7.29. The number of methoxy groups -OCH3 is 1. The number of anilines is 1. The van der Waals surface area contributed by atoms with Crippen molar-refractivity contribution < 1.29 is 9.53 Å². The molecule has 0 spiro atoms. The standard InChI is InChI=1S/C17H20N2O2/c1-21-17(20)15(13-18)12-14-6-8-16(9-7-14)19-10-4-2-3-5-11-19/h6-9,12H,2-5,10-11H2,1H3/b15-12+. The highest BCUT2D eigenvalue weighted by Crippen LogP contribution is 2.20. The van der Waals surface area contributed by atoms with E-state index in [1.165, 1.54) is 38.5 Å². The highest BCUT2D eigenvalue weighted by molar-refractivity contribution is 5.97. The Morgan fingerprint density at radius 2 is 1.81 bits per heavy atom. The van der Waals surface area contributed by atoms with Crippen LogP contribution in [0.25, 0.3) is 6.08 Å². The minimum Gasteiger partial charge on any atom is -0.465 e. The minimum atomic E-state index is -0.603. The number of carbonyl (C=O) groups is 1. The number of ether oxygens (including phenoxy) is 1. The Kier molecular flexibility index (Phi) is 5.39. The fraction of sp³-hybridized carbons (Fsp3) is 0.412. The second-order valence-corrected chi connectivity index (χ2v) is 5.15. The molecule has 1 aliphatic heterocycles. The van der Waals surface area contributed by atoms with E-state index in [0.717, 1.165) is 18.7 Å². The zero-order valence-corrected chi connectivity index (χ0v) is 12.3. The Labute approximate surface area is 125 Å². The quantitative estimate of drug-likeness (QED) is 0.486. The van der Waals surface area contributed by atoms with Crippen LogP contribution in [0.2, 0.25) is 0 Å². The van der Waals surface area contributed by atoms with Crippen LogP contribution >= 0.6 is 0 Å². The monoisotopic (exact) mass is 284 g/mol. The van der Waals surface area contributed by atoms with Crippen molar-refractivity contribution in [1.29, 1.82) is 5.26 Å². The number of benzene rings is 1. The fourth-order valence-electron chi connectivity index (χ4n) is 2.52. The lowest BCUT2D eigenvalue weighted by atomic mass is 10.1. The van der Waals surface area contributed by atoms with Gasteiger partial charge in [0.15, 0.2) is 0 Å². The van der Waals surface area contributed by atoms with Crippen LogP contribution in [0.15, 0.2) is 29.8 Å². The largest absolute Gasteiger partial charge is 0.465 e. The van der Waals surface area contributed by atoms with Crippen LogP contribution in [-0.2, 0) is 9.53 Å². The molecule has 1 aliphatic rings. The number of nitrogens with zero attached hydrogens (tertiary/aromatic N) is 2. The topological polar surface area (TPSA) is 53.3 Å². The third-order valence-electron chi connectivity index (χ3n) is 3.70. The summed E-state index contributed by atoms with van der Waals surface area (Å²) in [6, 6.07) is 9.82. The summed E-state index contributed by atoms with van der Waals surface area (Å²) in [5.74, 6) is -0.603. The molecule has 1 aromatic carbocycles. The Hall–Kier alpha value is -2.28. The first-order chi connectivity index (χ1) is 10.2. The molecule has 1 heterocycles. The van der Waals surface area contributed by atoms with Crippen LogP contribution < -0.4 is 4.90 Å². The molecule has 0 radical (unpaired) electrons. The zero-order valence-electron chi connectivity index (χ0n) is 12.3. The van der Waals surface area contributed by atoms with Crippen molar-refractivity contribution in [1.82, 2.24) is 0 Å². The third-order valence-corrected chi connectivity index (χ3v) is 3.70. The summed E-state index contributed by atoms with van der Waals surface area (Å²) in [4.78, 5) is 13.8. The Bertz CT molecular complexity index is 547. The number of nitriles is 1. The van der Waals surface area contributed by atoms with Gasteiger partial charge in [0.1, 0.15) is 11.6 Å². The number of esters is 1. The average Bonchev–Trinajstić information content (AvgIpc) is 2.81. The molecule has 1 aromatic rings. The van der Waals surface area contributed by atoms with Gasteiger partial charge in [-0.15, -0.1) is 0 Å². The van der Waals surface area contributed by atoms with Crippen molar-refractivity contribution in [3.63, 3.8) is 0 Å². The predicted molar refractivity (Wildman–Crippen MR) is 82.7 cm³/mol. The van der Waals surface area contributed by atoms with Gasteiger partial charge in [-0.3, -0.25) is 0 Å². The molecule has 4 nitrogen and oxygen atoms in total. The molecule has 4 heteroatoms. The molecule has 1 saturated heterocycles. The number of hydrogen-bond donors (Lipinski definition) is 0. The summed E-state index contributed by atoms with van der Waals surface area (Å²) in [6.45, 7) is 2.20. The van der Waals surface area contributed by atoms with Crippen molar-refractivity contribution in [2.75, 3.05) is 25.1 Å². The van der Waals surface area contributed by atoms with Gasteiger partial charge in [0.05, 0.1) is 7.11 Å². The van der Waals surface area contributed by atoms with Gasteiger partial charge >= 0.3 is 5.97 Å². The highest BCUT2D eigenvalue weighted by Gasteiger charge is 2.11. The van der Waals surface area contributed by atoms with Gasteiger partial charge in [0.25, 0.3) is 0 Å². The first kappa shape index (κ1) is 15.1. The van der Waals surface area contributed by atoms with Gasteiger partial charge in [-0.25, -0.2) is 4.79 Å². The van der Waals surface area contributed by atoms with E-state index in [-0.39, 0.29) is 5.57 Å². The lowest BCUT2D eigenvalue weighted by Crippen LogP contribution is -2.23. The number of hydrogen-bond acceptors (Lipinski definition) is 4. The summed E-state index contributed by atoms with van der Waals surface area (Å²) < 4.78 is 4.57. The molecular weight excluding hydrogens is 264 g/mol. The van der Waals surface area contributed by atoms with Crippen molar-refractivity contribution in [2.24, 2.45) is 0 Å². The van der Waals surface area contributed by atoms with E-state index in [9.17, 15) is 4.79 Å². The Morgan fingerprint density at radius 3 is 2.33 bits per heavy atom. The van der Waals surface area contributed by atoms with Crippen molar-refractivity contribution in [3.8, 4) is 6.07 Å². The maximum atomic E-state index is 11.4. The SMILES string of the molecule is COC(=O)/C(C#N)=C/c1ccc(N2CCCCCC2)cc1. The van der Waals surface area contributed by atoms with Crippen LogP contribution in [0, 0.1) is 11.3 Å². The molecule has 0 saturated carbocycles. The van der Waals surface area contributed by atoms with Crippen LogP contribution in [0.1, 0.15) is 31.2 Å². The van der Waals surface area contributed by atoms with Gasteiger partial charge in [-0.2, -0.15) is 5.26 Å². The zero-order chi connectivity index (χ0) is 15.1. The maximum Gasteiger partial charge on any atom is 0.348 e. The molecule has 110 valence electrons. The molecular formula is C17H20N2O2. The number of carbonyl (C=O) groups excluding carboxylic acids is 1. The smallest absolute Gasteiger partial charge is 0.348 e. The van der Waals surface area contributed by atoms with Gasteiger partial charge in [-0.05, 0) is 36.6 Å². The summed E-state index contributed by atoms with van der Waals surface area (Å²) in [6.07, 6.45) is 6.65. The fourth-order valence-corrected chi connectivity index (χ4v) is 2.52. The Balaban J connectivity index is 2.13. The summed E-state index contributed by atoms with van der Waals surface area (Å²) >= 11 is 0. The molecule has 0 aliphatic carbocycles. The van der Waals surface area contributed by atoms with E-state index >= 15 is 0 Å². The third kappa shape index (κ3) is 4.09. The maximum absolute atomic E-state index is 11.4. The van der Waals surface area contributed by atoms with Gasteiger partial charge in [-0.1, -0.05) is 25.0 Å². The van der Waals surface area contributed by atoms with Crippen LogP contribution in [0.4, 0.5) is 5.69 Å². The molecule has 0 amide bonds.